The van der Waals surface area contributed by atoms with E-state index < -0.39 is 34.8 Å². The van der Waals surface area contributed by atoms with Crippen LogP contribution in [0.4, 0.5) is 27.6 Å². The Morgan fingerprint density at radius 2 is 1.46 bits per heavy atom. The highest BCUT2D eigenvalue weighted by molar-refractivity contribution is 9.10. The van der Waals surface area contributed by atoms with E-state index >= 15 is 0 Å². The van der Waals surface area contributed by atoms with Crippen molar-refractivity contribution in [3.63, 3.8) is 0 Å². The van der Waals surface area contributed by atoms with Crippen molar-refractivity contribution >= 4 is 27.5 Å². The molecule has 1 aliphatic heterocycles. The lowest BCUT2D eigenvalue weighted by molar-refractivity contribution is 0.0743. The van der Waals surface area contributed by atoms with Crippen LogP contribution in [0, 0.1) is 29.1 Å². The van der Waals surface area contributed by atoms with Gasteiger partial charge in [0.15, 0.2) is 23.3 Å². The summed E-state index contributed by atoms with van der Waals surface area (Å²) in [6.07, 6.45) is 0. The third kappa shape index (κ3) is 3.52. The van der Waals surface area contributed by atoms with Crippen LogP contribution in [0.2, 0.25) is 0 Å². The van der Waals surface area contributed by atoms with Crippen molar-refractivity contribution in [1.29, 1.82) is 0 Å². The molecular formula is C18H14BrF5N2O2. The highest BCUT2D eigenvalue weighted by Gasteiger charge is 2.32. The molecule has 0 bridgehead atoms. The van der Waals surface area contributed by atoms with E-state index in [0.717, 1.165) is 4.90 Å². The molecule has 1 amide bonds. The minimum absolute atomic E-state index is 0.0357. The summed E-state index contributed by atoms with van der Waals surface area (Å²) >= 11 is 3.27. The van der Waals surface area contributed by atoms with Crippen molar-refractivity contribution in [3.05, 3.63) is 57.3 Å². The van der Waals surface area contributed by atoms with E-state index in [0.29, 0.717) is 15.8 Å². The van der Waals surface area contributed by atoms with Crippen molar-refractivity contribution in [1.82, 2.24) is 4.90 Å². The zero-order valence-corrected chi connectivity index (χ0v) is 16.1. The molecule has 0 aromatic heterocycles. The van der Waals surface area contributed by atoms with Gasteiger partial charge in [-0.3, -0.25) is 4.79 Å². The molecule has 0 saturated carbocycles. The third-order valence-electron chi connectivity index (χ3n) is 4.46. The minimum atomic E-state index is -2.20. The summed E-state index contributed by atoms with van der Waals surface area (Å²) in [5.41, 5.74) is -0.690. The molecule has 2 aromatic carbocycles. The van der Waals surface area contributed by atoms with E-state index in [4.69, 9.17) is 4.74 Å². The van der Waals surface area contributed by atoms with Crippen molar-refractivity contribution in [3.8, 4) is 5.75 Å². The zero-order valence-electron chi connectivity index (χ0n) is 14.5. The second kappa shape index (κ2) is 7.94. The largest absolute Gasteiger partial charge is 0.496 e. The molecule has 1 aliphatic rings. The first-order valence-electron chi connectivity index (χ1n) is 8.15. The van der Waals surface area contributed by atoms with E-state index in [1.54, 1.807) is 18.2 Å². The van der Waals surface area contributed by atoms with Gasteiger partial charge in [0.2, 0.25) is 5.82 Å². The summed E-state index contributed by atoms with van der Waals surface area (Å²) in [6.45, 7) is -0.122. The molecule has 3 rings (SSSR count). The molecule has 1 saturated heterocycles. The maximum Gasteiger partial charge on any atom is 0.257 e. The molecule has 1 fully saturated rings. The fraction of sp³-hybridized carbons (Fsp3) is 0.278. The van der Waals surface area contributed by atoms with Crippen molar-refractivity contribution in [2.45, 2.75) is 0 Å². The molecule has 2 aromatic rings. The van der Waals surface area contributed by atoms with E-state index in [2.05, 4.69) is 15.9 Å². The maximum atomic E-state index is 14.0. The van der Waals surface area contributed by atoms with Gasteiger partial charge in [0.1, 0.15) is 11.4 Å². The van der Waals surface area contributed by atoms with Crippen LogP contribution in [0.15, 0.2) is 22.7 Å². The van der Waals surface area contributed by atoms with E-state index in [9.17, 15) is 26.7 Å². The smallest absolute Gasteiger partial charge is 0.257 e. The molecular weight excluding hydrogens is 451 g/mol. The molecule has 10 heteroatoms. The number of rotatable bonds is 3. The number of hydrogen-bond acceptors (Lipinski definition) is 3. The van der Waals surface area contributed by atoms with Gasteiger partial charge >= 0.3 is 0 Å². The molecule has 0 aliphatic carbocycles. The molecule has 0 unspecified atom stereocenters. The van der Waals surface area contributed by atoms with Crippen LogP contribution in [0.25, 0.3) is 0 Å². The number of anilines is 1. The van der Waals surface area contributed by atoms with Crippen LogP contribution in [0.5, 0.6) is 5.75 Å². The van der Waals surface area contributed by atoms with Crippen LogP contribution in [-0.4, -0.2) is 44.1 Å². The number of halogens is 6. The molecule has 150 valence electrons. The lowest BCUT2D eigenvalue weighted by atomic mass is 10.1. The fourth-order valence-electron chi connectivity index (χ4n) is 3.02. The fourth-order valence-corrected chi connectivity index (χ4v) is 3.38. The number of hydrogen-bond donors (Lipinski definition) is 0. The molecule has 1 heterocycles. The van der Waals surface area contributed by atoms with Gasteiger partial charge in [-0.25, -0.2) is 22.0 Å². The normalized spacial score (nSPS) is 14.4. The molecule has 0 spiro atoms. The molecule has 0 atom stereocenters. The Hall–Kier alpha value is -2.36. The summed E-state index contributed by atoms with van der Waals surface area (Å²) in [7, 11) is 1.42. The summed E-state index contributed by atoms with van der Waals surface area (Å²) in [6, 6.07) is 4.90. The van der Waals surface area contributed by atoms with E-state index in [1.807, 2.05) is 0 Å². The first kappa shape index (κ1) is 20.4. The number of ether oxygens (including phenoxy) is 1. The predicted octanol–water partition coefficient (Wildman–Crippen LogP) is 4.12. The summed E-state index contributed by atoms with van der Waals surface area (Å²) in [4.78, 5) is 15.2. The lowest BCUT2D eigenvalue weighted by Crippen LogP contribution is -2.49. The Labute approximate surface area is 165 Å². The van der Waals surface area contributed by atoms with Gasteiger partial charge in [-0.2, -0.15) is 0 Å². The first-order chi connectivity index (χ1) is 13.3. The van der Waals surface area contributed by atoms with Gasteiger partial charge in [0, 0.05) is 30.7 Å². The van der Waals surface area contributed by atoms with Crippen LogP contribution in [0.3, 0.4) is 0 Å². The first-order valence-corrected chi connectivity index (χ1v) is 8.94. The third-order valence-corrected chi connectivity index (χ3v) is 4.95. The molecule has 28 heavy (non-hydrogen) atoms. The van der Waals surface area contributed by atoms with E-state index in [-0.39, 0.29) is 32.1 Å². The monoisotopic (exact) mass is 464 g/mol. The van der Waals surface area contributed by atoms with Gasteiger partial charge in [-0.15, -0.1) is 0 Å². The van der Waals surface area contributed by atoms with Gasteiger partial charge in [0.05, 0.1) is 12.7 Å². The Bertz CT molecular complexity index is 904. The number of methoxy groups -OCH3 is 1. The number of carbonyl (C=O) groups is 1. The van der Waals surface area contributed by atoms with Gasteiger partial charge < -0.3 is 14.5 Å². The van der Waals surface area contributed by atoms with Crippen LogP contribution >= 0.6 is 15.9 Å². The highest BCUT2D eigenvalue weighted by Crippen LogP contribution is 2.31. The Kier molecular flexibility index (Phi) is 5.78. The van der Waals surface area contributed by atoms with Gasteiger partial charge in [0.25, 0.3) is 5.91 Å². The number of amides is 1. The van der Waals surface area contributed by atoms with Crippen LogP contribution in [-0.2, 0) is 0 Å². The van der Waals surface area contributed by atoms with Crippen LogP contribution in [0.1, 0.15) is 10.4 Å². The van der Waals surface area contributed by atoms with Gasteiger partial charge in [-0.05, 0) is 18.2 Å². The average molecular weight is 465 g/mol. The Morgan fingerprint density at radius 1 is 0.929 bits per heavy atom. The molecule has 0 N–H and O–H groups in total. The van der Waals surface area contributed by atoms with Crippen molar-refractivity contribution in [2.24, 2.45) is 0 Å². The molecule has 0 radical (unpaired) electrons. The van der Waals surface area contributed by atoms with E-state index in [1.165, 1.54) is 12.0 Å². The number of carbonyl (C=O) groups excluding carboxylic acids is 1. The summed E-state index contributed by atoms with van der Waals surface area (Å²) < 4.78 is 73.9. The van der Waals surface area contributed by atoms with Crippen molar-refractivity contribution < 1.29 is 31.5 Å². The van der Waals surface area contributed by atoms with Crippen LogP contribution < -0.4 is 9.64 Å². The standard InChI is InChI=1S/C18H14BrF5N2O2/c1-28-11-3-2-9(19)8-10(11)18(27)26-6-4-25(5-7-26)17-15(23)13(21)12(20)14(22)16(17)24/h2-3,8H,4-7H2,1H3. The highest BCUT2D eigenvalue weighted by atomic mass is 79.9. The average Bonchev–Trinajstić information content (AvgIpc) is 2.71. The topological polar surface area (TPSA) is 32.8 Å². The number of nitrogens with zero attached hydrogens (tertiary/aromatic N) is 2. The number of piperazine rings is 1. The second-order valence-corrected chi connectivity index (χ2v) is 6.96. The lowest BCUT2D eigenvalue weighted by Gasteiger charge is -2.36. The predicted molar refractivity (Wildman–Crippen MR) is 95.0 cm³/mol. The summed E-state index contributed by atoms with van der Waals surface area (Å²) in [5, 5.41) is 0. The van der Waals surface area contributed by atoms with Gasteiger partial charge in [-0.1, -0.05) is 15.9 Å². The minimum Gasteiger partial charge on any atom is -0.496 e. The molecule has 4 nitrogen and oxygen atoms in total. The summed E-state index contributed by atoms with van der Waals surface area (Å²) in [5.74, 6) is -9.97. The zero-order chi connectivity index (χ0) is 20.6. The second-order valence-electron chi connectivity index (χ2n) is 6.04. The van der Waals surface area contributed by atoms with Crippen molar-refractivity contribution in [2.75, 3.05) is 38.2 Å². The quantitative estimate of drug-likeness (QED) is 0.389. The number of benzene rings is 2. The Morgan fingerprint density at radius 3 is 2.00 bits per heavy atom. The Balaban J connectivity index is 1.81. The maximum absolute atomic E-state index is 14.0. The SMILES string of the molecule is COc1ccc(Br)cc1C(=O)N1CCN(c2c(F)c(F)c(F)c(F)c2F)CC1.